The lowest BCUT2D eigenvalue weighted by Gasteiger charge is -2.34. The van der Waals surface area contributed by atoms with Gasteiger partial charge in [-0.05, 0) is 60.7 Å². The minimum absolute atomic E-state index is 0.192. The summed E-state index contributed by atoms with van der Waals surface area (Å²) in [6.07, 6.45) is 1.31. The number of para-hydroxylation sites is 4. The van der Waals surface area contributed by atoms with Crippen LogP contribution in [0.3, 0.4) is 0 Å². The second-order valence-corrected chi connectivity index (χ2v) is 9.45. The Bertz CT molecular complexity index is 1630. The number of barbiturate groups is 1. The highest BCUT2D eigenvalue weighted by Crippen LogP contribution is 2.32. The van der Waals surface area contributed by atoms with Crippen LogP contribution in [0.4, 0.5) is 21.9 Å². The molecule has 9 nitrogen and oxygen atoms in total. The molecule has 0 bridgehead atoms. The maximum Gasteiger partial charge on any atom is 0.343 e. The number of urea groups is 1. The maximum atomic E-state index is 13.7. The number of amides is 5. The number of ether oxygens (including phenoxy) is 2. The summed E-state index contributed by atoms with van der Waals surface area (Å²) in [7, 11) is 1.49. The third-order valence-corrected chi connectivity index (χ3v) is 6.52. The molecule has 1 N–H and O–H groups in total. The Morgan fingerprint density at radius 3 is 1.95 bits per heavy atom. The van der Waals surface area contributed by atoms with Crippen molar-refractivity contribution in [2.24, 2.45) is 0 Å². The highest BCUT2D eigenvalue weighted by molar-refractivity contribution is 6.46. The molecule has 1 aliphatic rings. The highest BCUT2D eigenvalue weighted by atomic mass is 35.5. The molecule has 10 heteroatoms. The number of hydrogen-bond acceptors (Lipinski definition) is 6. The zero-order chi connectivity index (χ0) is 29.6. The summed E-state index contributed by atoms with van der Waals surface area (Å²) in [4.78, 5) is 55.5. The average Bonchev–Trinajstić information content (AvgIpc) is 3.00. The number of halogens is 1. The Labute approximate surface area is 246 Å². The first-order chi connectivity index (χ1) is 20.4. The maximum absolute atomic E-state index is 13.7. The van der Waals surface area contributed by atoms with Gasteiger partial charge in [-0.25, -0.2) is 14.6 Å². The van der Waals surface area contributed by atoms with Crippen molar-refractivity contribution < 1.29 is 28.7 Å². The van der Waals surface area contributed by atoms with Crippen molar-refractivity contribution in [2.75, 3.05) is 28.8 Å². The normalized spacial score (nSPS) is 13.2. The molecule has 0 spiro atoms. The lowest BCUT2D eigenvalue weighted by molar-refractivity contribution is -0.121. The van der Waals surface area contributed by atoms with Crippen LogP contribution in [0.25, 0.3) is 6.08 Å². The predicted molar refractivity (Wildman–Crippen MR) is 160 cm³/mol. The first-order valence-electron chi connectivity index (χ1n) is 12.8. The zero-order valence-corrected chi connectivity index (χ0v) is 23.1. The van der Waals surface area contributed by atoms with Crippen LogP contribution in [0.5, 0.6) is 11.5 Å². The molecule has 0 aliphatic carbocycles. The number of methoxy groups -OCH3 is 1. The number of benzene rings is 4. The predicted octanol–water partition coefficient (Wildman–Crippen LogP) is 5.95. The molecule has 0 unspecified atom stereocenters. The van der Waals surface area contributed by atoms with E-state index >= 15 is 0 Å². The van der Waals surface area contributed by atoms with Crippen LogP contribution in [0, 0.1) is 0 Å². The Hall–Kier alpha value is -5.41. The van der Waals surface area contributed by atoms with E-state index in [1.54, 1.807) is 91.0 Å². The smallest absolute Gasteiger partial charge is 0.343 e. The molecule has 210 valence electrons. The van der Waals surface area contributed by atoms with Crippen LogP contribution in [-0.2, 0) is 14.4 Å². The molecule has 1 fully saturated rings. The van der Waals surface area contributed by atoms with Crippen molar-refractivity contribution in [3.8, 4) is 11.5 Å². The first kappa shape index (κ1) is 28.1. The molecule has 5 amide bonds. The quantitative estimate of drug-likeness (QED) is 0.204. The largest absolute Gasteiger partial charge is 0.495 e. The third kappa shape index (κ3) is 5.86. The number of imide groups is 2. The van der Waals surface area contributed by atoms with Crippen LogP contribution in [-0.4, -0.2) is 37.5 Å². The monoisotopic (exact) mass is 581 g/mol. The van der Waals surface area contributed by atoms with E-state index in [0.717, 1.165) is 9.80 Å². The molecule has 5 rings (SSSR count). The van der Waals surface area contributed by atoms with Gasteiger partial charge >= 0.3 is 6.03 Å². The van der Waals surface area contributed by atoms with Crippen molar-refractivity contribution >= 4 is 58.5 Å². The fourth-order valence-electron chi connectivity index (χ4n) is 4.34. The fraction of sp³-hybridized carbons (Fsp3) is 0.0625. The van der Waals surface area contributed by atoms with Crippen LogP contribution < -0.4 is 24.6 Å². The molecule has 1 aliphatic heterocycles. The van der Waals surface area contributed by atoms with Crippen LogP contribution >= 0.6 is 11.6 Å². The molecule has 4 aromatic rings. The number of hydrogen-bond donors (Lipinski definition) is 1. The van der Waals surface area contributed by atoms with Crippen LogP contribution in [0.15, 0.2) is 109 Å². The van der Waals surface area contributed by atoms with Gasteiger partial charge in [-0.3, -0.25) is 14.4 Å². The van der Waals surface area contributed by atoms with Gasteiger partial charge in [0.1, 0.15) is 17.1 Å². The van der Waals surface area contributed by atoms with Crippen molar-refractivity contribution in [1.82, 2.24) is 0 Å². The van der Waals surface area contributed by atoms with E-state index in [2.05, 4.69) is 5.32 Å². The van der Waals surface area contributed by atoms with E-state index < -0.39 is 23.8 Å². The molecular formula is C32H24ClN3O6. The average molecular weight is 582 g/mol. The van der Waals surface area contributed by atoms with Gasteiger partial charge in [-0.2, -0.15) is 0 Å². The molecular weight excluding hydrogens is 558 g/mol. The third-order valence-electron chi connectivity index (χ3n) is 6.29. The van der Waals surface area contributed by atoms with E-state index in [1.165, 1.54) is 25.3 Å². The second kappa shape index (κ2) is 12.4. The summed E-state index contributed by atoms with van der Waals surface area (Å²) in [6, 6.07) is 27.3. The minimum atomic E-state index is -0.816. The molecule has 1 heterocycles. The van der Waals surface area contributed by atoms with E-state index in [1.807, 2.05) is 0 Å². The molecule has 0 saturated carbocycles. The van der Waals surface area contributed by atoms with Crippen molar-refractivity contribution in [1.29, 1.82) is 0 Å². The van der Waals surface area contributed by atoms with Crippen molar-refractivity contribution in [2.45, 2.75) is 0 Å². The minimum Gasteiger partial charge on any atom is -0.495 e. The van der Waals surface area contributed by atoms with Gasteiger partial charge in [0, 0.05) is 10.6 Å². The molecule has 0 atom stereocenters. The van der Waals surface area contributed by atoms with Gasteiger partial charge in [-0.15, -0.1) is 0 Å². The number of anilines is 3. The molecule has 4 aromatic carbocycles. The molecule has 0 radical (unpaired) electrons. The lowest BCUT2D eigenvalue weighted by atomic mass is 10.0. The van der Waals surface area contributed by atoms with Gasteiger partial charge in [0.25, 0.3) is 17.7 Å². The number of carbonyl (C=O) groups is 4. The van der Waals surface area contributed by atoms with E-state index in [-0.39, 0.29) is 23.5 Å². The molecule has 42 heavy (non-hydrogen) atoms. The van der Waals surface area contributed by atoms with Gasteiger partial charge in [0.15, 0.2) is 6.61 Å². The highest BCUT2D eigenvalue weighted by Gasteiger charge is 2.43. The van der Waals surface area contributed by atoms with Gasteiger partial charge < -0.3 is 14.8 Å². The van der Waals surface area contributed by atoms with Gasteiger partial charge in [0.05, 0.1) is 24.2 Å². The van der Waals surface area contributed by atoms with Crippen molar-refractivity contribution in [3.05, 3.63) is 119 Å². The van der Waals surface area contributed by atoms with E-state index in [0.29, 0.717) is 27.8 Å². The molecule has 1 saturated heterocycles. The zero-order valence-electron chi connectivity index (χ0n) is 22.3. The summed E-state index contributed by atoms with van der Waals surface area (Å²) >= 11 is 6.26. The summed E-state index contributed by atoms with van der Waals surface area (Å²) in [5.74, 6) is -1.42. The summed E-state index contributed by atoms with van der Waals surface area (Å²) in [6.45, 7) is -0.386. The Morgan fingerprint density at radius 1 is 0.786 bits per heavy atom. The number of rotatable bonds is 8. The summed E-state index contributed by atoms with van der Waals surface area (Å²) in [5.41, 5.74) is 1.02. The van der Waals surface area contributed by atoms with E-state index in [4.69, 9.17) is 21.1 Å². The van der Waals surface area contributed by atoms with Crippen LogP contribution in [0.2, 0.25) is 5.02 Å². The van der Waals surface area contributed by atoms with Crippen molar-refractivity contribution in [3.63, 3.8) is 0 Å². The fourth-order valence-corrected chi connectivity index (χ4v) is 4.52. The Kier molecular flexibility index (Phi) is 8.31. The summed E-state index contributed by atoms with van der Waals surface area (Å²) < 4.78 is 11.0. The van der Waals surface area contributed by atoms with Gasteiger partial charge in [-0.1, -0.05) is 60.1 Å². The van der Waals surface area contributed by atoms with Crippen LogP contribution in [0.1, 0.15) is 5.56 Å². The lowest BCUT2D eigenvalue weighted by Crippen LogP contribution is -2.57. The SMILES string of the molecule is COc1ccccc1NC(=O)COc1ccc(Cl)cc1C=C1C(=O)N(c2ccccc2)C(=O)N(c2ccccc2)C1=O. The Balaban J connectivity index is 1.49. The second-order valence-electron chi connectivity index (χ2n) is 9.01. The number of nitrogens with zero attached hydrogens (tertiary/aromatic N) is 2. The topological polar surface area (TPSA) is 105 Å². The summed E-state index contributed by atoms with van der Waals surface area (Å²) in [5, 5.41) is 3.03. The molecule has 0 aromatic heterocycles. The Morgan fingerprint density at radius 2 is 1.36 bits per heavy atom. The number of carbonyl (C=O) groups excluding carboxylic acids is 4. The standard InChI is InChI=1S/C32H24ClN3O6/c1-41-28-15-9-8-14-26(28)34-29(37)20-42-27-17-16-22(33)18-21(27)19-25-30(38)35(23-10-4-2-5-11-23)32(40)36(31(25)39)24-12-6-3-7-13-24/h2-19H,20H2,1H3,(H,34,37). The first-order valence-corrected chi connectivity index (χ1v) is 13.1. The van der Waals surface area contributed by atoms with Gasteiger partial charge in [0.2, 0.25) is 0 Å². The van der Waals surface area contributed by atoms with E-state index in [9.17, 15) is 19.2 Å². The number of nitrogens with one attached hydrogen (secondary N) is 1.